The Morgan fingerprint density at radius 2 is 1.96 bits per heavy atom. The van der Waals surface area contributed by atoms with E-state index in [1.165, 1.54) is 0 Å². The van der Waals surface area contributed by atoms with Gasteiger partial charge in [0.2, 0.25) is 5.88 Å². The first-order valence-electron chi connectivity index (χ1n) is 7.30. The minimum Gasteiger partial charge on any atom is -0.465 e. The third kappa shape index (κ3) is 1.92. The van der Waals surface area contributed by atoms with Gasteiger partial charge in [-0.05, 0) is 31.2 Å². The van der Waals surface area contributed by atoms with Gasteiger partial charge in [-0.15, -0.1) is 0 Å². The molecule has 0 radical (unpaired) electrons. The highest BCUT2D eigenvalue weighted by Crippen LogP contribution is 2.43. The highest BCUT2D eigenvalue weighted by Gasteiger charge is 2.37. The fraction of sp³-hybridized carbons (Fsp3) is 0.111. The van der Waals surface area contributed by atoms with E-state index in [0.717, 1.165) is 0 Å². The van der Waals surface area contributed by atoms with Crippen LogP contribution in [0.3, 0.4) is 0 Å². The smallest absolute Gasteiger partial charge is 0.344 e. The van der Waals surface area contributed by atoms with E-state index in [0.29, 0.717) is 28.2 Å². The van der Waals surface area contributed by atoms with Crippen molar-refractivity contribution in [3.8, 4) is 11.8 Å². The molecule has 6 heteroatoms. The van der Waals surface area contributed by atoms with Gasteiger partial charge in [0.1, 0.15) is 28.7 Å². The molecule has 0 amide bonds. The first-order valence-corrected chi connectivity index (χ1v) is 7.30. The SMILES string of the molecule is Cc1ccc(C2C(C#N)=C(N)Oc3c2c(=O)oc2ccccc32)o1. The maximum Gasteiger partial charge on any atom is 0.344 e. The Bertz CT molecular complexity index is 1100. The molecular formula is C18H12N2O4. The molecule has 0 fully saturated rings. The Kier molecular flexibility index (Phi) is 2.97. The fourth-order valence-corrected chi connectivity index (χ4v) is 2.96. The molecular weight excluding hydrogens is 308 g/mol. The molecule has 2 N–H and O–H groups in total. The molecule has 2 aromatic heterocycles. The summed E-state index contributed by atoms with van der Waals surface area (Å²) >= 11 is 0. The molecule has 0 bridgehead atoms. The van der Waals surface area contributed by atoms with Crippen LogP contribution in [-0.4, -0.2) is 0 Å². The molecule has 3 heterocycles. The predicted molar refractivity (Wildman–Crippen MR) is 85.2 cm³/mol. The third-order valence-electron chi connectivity index (χ3n) is 4.02. The van der Waals surface area contributed by atoms with Crippen LogP contribution in [0.1, 0.15) is 23.0 Å². The summed E-state index contributed by atoms with van der Waals surface area (Å²) in [5.41, 5.74) is 6.09. The Hall–Kier alpha value is -3.46. The van der Waals surface area contributed by atoms with Gasteiger partial charge in [0, 0.05) is 0 Å². The van der Waals surface area contributed by atoms with E-state index in [1.54, 1.807) is 43.3 Å². The summed E-state index contributed by atoms with van der Waals surface area (Å²) in [5, 5.41) is 10.1. The van der Waals surface area contributed by atoms with Crippen LogP contribution < -0.4 is 16.1 Å². The Labute approximate surface area is 136 Å². The molecule has 1 aliphatic rings. The number of rotatable bonds is 1. The highest BCUT2D eigenvalue weighted by molar-refractivity contribution is 5.85. The van der Waals surface area contributed by atoms with Gasteiger partial charge in [0.25, 0.3) is 0 Å². The lowest BCUT2D eigenvalue weighted by Crippen LogP contribution is -2.26. The van der Waals surface area contributed by atoms with E-state index in [9.17, 15) is 10.1 Å². The monoisotopic (exact) mass is 320 g/mol. The lowest BCUT2D eigenvalue weighted by molar-refractivity contribution is 0.375. The van der Waals surface area contributed by atoms with Crippen molar-refractivity contribution in [2.24, 2.45) is 5.73 Å². The Morgan fingerprint density at radius 1 is 1.17 bits per heavy atom. The zero-order valence-electron chi connectivity index (χ0n) is 12.7. The largest absolute Gasteiger partial charge is 0.465 e. The topological polar surface area (TPSA) is 102 Å². The number of furan rings is 1. The molecule has 0 saturated carbocycles. The Morgan fingerprint density at radius 3 is 2.67 bits per heavy atom. The van der Waals surface area contributed by atoms with E-state index >= 15 is 0 Å². The van der Waals surface area contributed by atoms with Gasteiger partial charge in [0.15, 0.2) is 5.75 Å². The van der Waals surface area contributed by atoms with Crippen molar-refractivity contribution < 1.29 is 13.6 Å². The second-order valence-corrected chi connectivity index (χ2v) is 5.50. The molecule has 1 atom stereocenters. The van der Waals surface area contributed by atoms with Crippen molar-refractivity contribution >= 4 is 11.0 Å². The van der Waals surface area contributed by atoms with Crippen LogP contribution in [0.25, 0.3) is 11.0 Å². The van der Waals surface area contributed by atoms with Crippen molar-refractivity contribution in [3.63, 3.8) is 0 Å². The number of nitrogens with zero attached hydrogens (tertiary/aromatic N) is 1. The first-order chi connectivity index (χ1) is 11.6. The number of fused-ring (bicyclic) bond motifs is 3. The maximum absolute atomic E-state index is 12.6. The summed E-state index contributed by atoms with van der Waals surface area (Å²) in [7, 11) is 0. The second-order valence-electron chi connectivity index (χ2n) is 5.50. The average Bonchev–Trinajstić information content (AvgIpc) is 3.00. The van der Waals surface area contributed by atoms with Crippen molar-refractivity contribution in [1.29, 1.82) is 5.26 Å². The molecule has 118 valence electrons. The van der Waals surface area contributed by atoms with Gasteiger partial charge >= 0.3 is 5.63 Å². The predicted octanol–water partition coefficient (Wildman–Crippen LogP) is 2.91. The van der Waals surface area contributed by atoms with Crippen LogP contribution in [0, 0.1) is 18.3 Å². The van der Waals surface area contributed by atoms with Gasteiger partial charge < -0.3 is 19.3 Å². The van der Waals surface area contributed by atoms with E-state index in [-0.39, 0.29) is 17.0 Å². The fourth-order valence-electron chi connectivity index (χ4n) is 2.96. The van der Waals surface area contributed by atoms with Crippen molar-refractivity contribution in [2.45, 2.75) is 12.8 Å². The number of para-hydroxylation sites is 1. The number of nitriles is 1. The molecule has 3 aromatic rings. The van der Waals surface area contributed by atoms with E-state index in [4.69, 9.17) is 19.3 Å². The van der Waals surface area contributed by atoms with Crippen LogP contribution in [0.2, 0.25) is 0 Å². The van der Waals surface area contributed by atoms with Gasteiger partial charge in [-0.1, -0.05) is 12.1 Å². The van der Waals surface area contributed by atoms with Crippen molar-refractivity contribution in [2.75, 3.05) is 0 Å². The van der Waals surface area contributed by atoms with Gasteiger partial charge in [0.05, 0.1) is 16.9 Å². The maximum atomic E-state index is 12.6. The summed E-state index contributed by atoms with van der Waals surface area (Å²) in [6.07, 6.45) is 0. The number of allylic oxidation sites excluding steroid dienone is 1. The quantitative estimate of drug-likeness (QED) is 0.692. The molecule has 24 heavy (non-hydrogen) atoms. The Balaban J connectivity index is 2.10. The number of benzene rings is 1. The minimum absolute atomic E-state index is 0.0418. The number of aryl methyl sites for hydroxylation is 1. The lowest BCUT2D eigenvalue weighted by Gasteiger charge is -2.24. The van der Waals surface area contributed by atoms with Crippen LogP contribution in [0.15, 0.2) is 61.5 Å². The van der Waals surface area contributed by atoms with Crippen LogP contribution in [0.4, 0.5) is 0 Å². The highest BCUT2D eigenvalue weighted by atomic mass is 16.5. The zero-order chi connectivity index (χ0) is 16.8. The summed E-state index contributed by atoms with van der Waals surface area (Å²) in [4.78, 5) is 12.6. The molecule has 0 saturated heterocycles. The van der Waals surface area contributed by atoms with Gasteiger partial charge in [-0.2, -0.15) is 5.26 Å². The molecule has 4 rings (SSSR count). The lowest BCUT2D eigenvalue weighted by atomic mass is 9.87. The molecule has 0 spiro atoms. The van der Waals surface area contributed by atoms with Crippen LogP contribution in [-0.2, 0) is 0 Å². The number of nitrogens with two attached hydrogens (primary N) is 1. The number of ether oxygens (including phenoxy) is 1. The minimum atomic E-state index is -0.756. The summed E-state index contributed by atoms with van der Waals surface area (Å²) in [5.74, 6) is 0.615. The van der Waals surface area contributed by atoms with Crippen LogP contribution in [0.5, 0.6) is 5.75 Å². The van der Waals surface area contributed by atoms with E-state index in [1.807, 2.05) is 6.07 Å². The second kappa shape index (κ2) is 5.03. The zero-order valence-corrected chi connectivity index (χ0v) is 12.7. The first kappa shape index (κ1) is 14.2. The van der Waals surface area contributed by atoms with E-state index in [2.05, 4.69) is 0 Å². The van der Waals surface area contributed by atoms with Crippen molar-refractivity contribution in [3.05, 3.63) is 75.4 Å². The normalized spacial score (nSPS) is 16.6. The number of hydrogen-bond donors (Lipinski definition) is 1. The molecule has 0 aliphatic carbocycles. The summed E-state index contributed by atoms with van der Waals surface area (Å²) in [6, 6.07) is 12.5. The van der Waals surface area contributed by atoms with Crippen molar-refractivity contribution in [1.82, 2.24) is 0 Å². The van der Waals surface area contributed by atoms with Crippen LogP contribution >= 0.6 is 0 Å². The molecule has 1 aromatic carbocycles. The molecule has 6 nitrogen and oxygen atoms in total. The standard InChI is InChI=1S/C18H12N2O4/c1-9-6-7-13(22-9)14-11(8-19)17(20)24-16-10-4-2-3-5-12(10)23-18(21)15(14)16/h2-7,14H,20H2,1H3. The average molecular weight is 320 g/mol. The van der Waals surface area contributed by atoms with E-state index < -0.39 is 11.5 Å². The molecule has 1 unspecified atom stereocenters. The third-order valence-corrected chi connectivity index (χ3v) is 4.02. The van der Waals surface area contributed by atoms with Gasteiger partial charge in [-0.3, -0.25) is 0 Å². The number of hydrogen-bond acceptors (Lipinski definition) is 6. The molecule has 1 aliphatic heterocycles. The van der Waals surface area contributed by atoms with Gasteiger partial charge in [-0.25, -0.2) is 4.79 Å². The summed E-state index contributed by atoms with van der Waals surface area (Å²) in [6.45, 7) is 1.78. The summed E-state index contributed by atoms with van der Waals surface area (Å²) < 4.78 is 16.7.